The fourth-order valence-electron chi connectivity index (χ4n) is 2.38. The number of hydrogen-bond acceptors (Lipinski definition) is 5. The van der Waals surface area contributed by atoms with Gasteiger partial charge in [0, 0.05) is 10.4 Å². The number of sulfonamides is 1. The first-order valence-corrected chi connectivity index (χ1v) is 10.7. The van der Waals surface area contributed by atoms with Crippen LogP contribution in [0.1, 0.15) is 65.3 Å². The van der Waals surface area contributed by atoms with Crippen LogP contribution in [0.15, 0.2) is 16.3 Å². The lowest BCUT2D eigenvalue weighted by atomic mass is 10.1. The highest BCUT2D eigenvalue weighted by molar-refractivity contribution is 7.91. The number of rotatable bonds is 5. The molecule has 8 heteroatoms. The normalized spacial score (nSPS) is 17.2. The van der Waals surface area contributed by atoms with Crippen LogP contribution >= 0.6 is 11.3 Å². The molecule has 1 aliphatic carbocycles. The van der Waals surface area contributed by atoms with Gasteiger partial charge in [-0.05, 0) is 72.4 Å². The monoisotopic (exact) mass is 388 g/mol. The summed E-state index contributed by atoms with van der Waals surface area (Å²) in [5.41, 5.74) is -1.12. The minimum atomic E-state index is -3.57. The zero-order chi connectivity index (χ0) is 19.0. The summed E-state index contributed by atoms with van der Waals surface area (Å²) in [5, 5.41) is 2.90. The molecule has 1 saturated carbocycles. The summed E-state index contributed by atoms with van der Waals surface area (Å²) in [4.78, 5) is 12.9. The predicted molar refractivity (Wildman–Crippen MR) is 99.2 cm³/mol. The molecule has 0 radical (unpaired) electrons. The highest BCUT2D eigenvalue weighted by Crippen LogP contribution is 2.43. The number of hydrogen-bond donors (Lipinski definition) is 2. The van der Waals surface area contributed by atoms with Gasteiger partial charge in [-0.1, -0.05) is 0 Å². The number of carbonyl (C=O) groups excluding carboxylic acids is 1. The van der Waals surface area contributed by atoms with Crippen LogP contribution in [0.25, 0.3) is 0 Å². The molecule has 0 bridgehead atoms. The molecular weight excluding hydrogens is 360 g/mol. The molecular formula is C17H28N2O4S2. The summed E-state index contributed by atoms with van der Waals surface area (Å²) in [7, 11) is -3.57. The molecule has 1 atom stereocenters. The van der Waals surface area contributed by atoms with Crippen LogP contribution in [0.5, 0.6) is 0 Å². The summed E-state index contributed by atoms with van der Waals surface area (Å²) < 4.78 is 33.2. The van der Waals surface area contributed by atoms with E-state index in [4.69, 9.17) is 4.74 Å². The van der Waals surface area contributed by atoms with Gasteiger partial charge in [-0.15, -0.1) is 11.3 Å². The molecule has 1 amide bonds. The van der Waals surface area contributed by atoms with Crippen LogP contribution < -0.4 is 10.0 Å². The Bertz CT molecular complexity index is 723. The molecule has 1 aromatic heterocycles. The number of carbonyl (C=O) groups is 1. The minimum absolute atomic E-state index is 0.210. The molecule has 2 rings (SSSR count). The van der Waals surface area contributed by atoms with Crippen molar-refractivity contribution in [3.8, 4) is 0 Å². The van der Waals surface area contributed by atoms with Crippen LogP contribution in [0, 0.1) is 5.92 Å². The van der Waals surface area contributed by atoms with Crippen molar-refractivity contribution in [2.45, 2.75) is 75.8 Å². The number of nitrogens with one attached hydrogen (secondary N) is 2. The fourth-order valence-corrected chi connectivity index (χ4v) is 5.27. The van der Waals surface area contributed by atoms with Crippen LogP contribution in [0.4, 0.5) is 4.79 Å². The molecule has 1 unspecified atom stereocenters. The van der Waals surface area contributed by atoms with E-state index < -0.39 is 27.3 Å². The first-order valence-electron chi connectivity index (χ1n) is 8.40. The van der Waals surface area contributed by atoms with E-state index >= 15 is 0 Å². The molecule has 0 aliphatic heterocycles. The standard InChI is InChI=1S/C17H28N2O4S2/c1-16(2,3)19-25(21,22)13-10-9-12(24-13)14(11-7-8-11)18-15(20)23-17(4,5)6/h9-11,14,19H,7-8H2,1-6H3,(H,18,20). The van der Waals surface area contributed by atoms with Gasteiger partial charge in [0.2, 0.25) is 0 Å². The van der Waals surface area contributed by atoms with Gasteiger partial charge < -0.3 is 10.1 Å². The second-order valence-electron chi connectivity index (χ2n) is 8.47. The lowest BCUT2D eigenvalue weighted by Gasteiger charge is -2.23. The number of thiophene rings is 1. The first-order chi connectivity index (χ1) is 11.3. The Morgan fingerprint density at radius 2 is 1.80 bits per heavy atom. The molecule has 6 nitrogen and oxygen atoms in total. The second kappa shape index (κ2) is 6.89. The summed E-state index contributed by atoms with van der Waals surface area (Å²) in [6.45, 7) is 10.8. The summed E-state index contributed by atoms with van der Waals surface area (Å²) in [6.07, 6.45) is 1.55. The Morgan fingerprint density at radius 3 is 2.28 bits per heavy atom. The van der Waals surface area contributed by atoms with Crippen LogP contribution in [-0.4, -0.2) is 25.7 Å². The molecule has 142 valence electrons. The van der Waals surface area contributed by atoms with E-state index in [1.807, 2.05) is 20.8 Å². The molecule has 0 spiro atoms. The van der Waals surface area contributed by atoms with E-state index in [1.165, 1.54) is 11.3 Å². The van der Waals surface area contributed by atoms with Crippen molar-refractivity contribution in [2.75, 3.05) is 0 Å². The quantitative estimate of drug-likeness (QED) is 0.803. The van der Waals surface area contributed by atoms with Gasteiger partial charge in [0.05, 0.1) is 6.04 Å². The summed E-state index contributed by atoms with van der Waals surface area (Å²) in [6, 6.07) is 3.17. The van der Waals surface area contributed by atoms with Crippen LogP contribution in [0.2, 0.25) is 0 Å². The average Bonchev–Trinajstić information content (AvgIpc) is 3.07. The molecule has 1 aliphatic rings. The van der Waals surface area contributed by atoms with Gasteiger partial charge >= 0.3 is 6.09 Å². The van der Waals surface area contributed by atoms with Crippen LogP contribution in [-0.2, 0) is 14.8 Å². The maximum absolute atomic E-state index is 12.5. The topological polar surface area (TPSA) is 84.5 Å². The van der Waals surface area contributed by atoms with Crippen molar-refractivity contribution >= 4 is 27.5 Å². The van der Waals surface area contributed by atoms with E-state index in [1.54, 1.807) is 32.9 Å². The molecule has 25 heavy (non-hydrogen) atoms. The highest BCUT2D eigenvalue weighted by Gasteiger charge is 2.36. The van der Waals surface area contributed by atoms with Crippen molar-refractivity contribution in [3.05, 3.63) is 17.0 Å². The third-order valence-electron chi connectivity index (χ3n) is 3.38. The number of ether oxygens (including phenoxy) is 1. The van der Waals surface area contributed by atoms with Gasteiger partial charge in [-0.3, -0.25) is 0 Å². The number of amides is 1. The fraction of sp³-hybridized carbons (Fsp3) is 0.706. The van der Waals surface area contributed by atoms with E-state index in [0.29, 0.717) is 5.92 Å². The Hall–Kier alpha value is -1.12. The molecule has 2 N–H and O–H groups in total. The van der Waals surface area contributed by atoms with Gasteiger partial charge in [-0.2, -0.15) is 0 Å². The van der Waals surface area contributed by atoms with Gasteiger partial charge in [0.1, 0.15) is 9.81 Å². The molecule has 1 aromatic rings. The average molecular weight is 389 g/mol. The third kappa shape index (κ3) is 6.27. The Kier molecular flexibility index (Phi) is 5.56. The van der Waals surface area contributed by atoms with E-state index in [2.05, 4.69) is 10.0 Å². The Labute approximate surface area is 154 Å². The smallest absolute Gasteiger partial charge is 0.408 e. The summed E-state index contributed by atoms with van der Waals surface area (Å²) in [5.74, 6) is 0.331. The van der Waals surface area contributed by atoms with Crippen molar-refractivity contribution in [1.29, 1.82) is 0 Å². The SMILES string of the molecule is CC(C)(C)NS(=O)(=O)c1ccc(C(NC(=O)OC(C)(C)C)C2CC2)s1. The lowest BCUT2D eigenvalue weighted by Crippen LogP contribution is -2.40. The van der Waals surface area contributed by atoms with Crippen molar-refractivity contribution in [2.24, 2.45) is 5.92 Å². The lowest BCUT2D eigenvalue weighted by molar-refractivity contribution is 0.0498. The highest BCUT2D eigenvalue weighted by atomic mass is 32.2. The zero-order valence-electron chi connectivity index (χ0n) is 15.7. The van der Waals surface area contributed by atoms with E-state index in [-0.39, 0.29) is 10.3 Å². The minimum Gasteiger partial charge on any atom is -0.444 e. The maximum Gasteiger partial charge on any atom is 0.408 e. The van der Waals surface area contributed by atoms with Crippen molar-refractivity contribution < 1.29 is 17.9 Å². The van der Waals surface area contributed by atoms with Gasteiger partial charge in [0.25, 0.3) is 10.0 Å². The van der Waals surface area contributed by atoms with Crippen LogP contribution in [0.3, 0.4) is 0 Å². The van der Waals surface area contributed by atoms with Gasteiger partial charge in [0.15, 0.2) is 0 Å². The summed E-state index contributed by atoms with van der Waals surface area (Å²) >= 11 is 1.20. The first kappa shape index (κ1) is 20.2. The van der Waals surface area contributed by atoms with Crippen molar-refractivity contribution in [3.63, 3.8) is 0 Å². The zero-order valence-corrected chi connectivity index (χ0v) is 17.3. The Balaban J connectivity index is 2.16. The molecule has 0 saturated heterocycles. The van der Waals surface area contributed by atoms with Crippen molar-refractivity contribution in [1.82, 2.24) is 10.0 Å². The maximum atomic E-state index is 12.5. The molecule has 1 fully saturated rings. The van der Waals surface area contributed by atoms with Gasteiger partial charge in [-0.25, -0.2) is 17.9 Å². The molecule has 0 aromatic carbocycles. The van der Waals surface area contributed by atoms with E-state index in [9.17, 15) is 13.2 Å². The molecule has 1 heterocycles. The number of alkyl carbamates (subject to hydrolysis) is 1. The van der Waals surface area contributed by atoms with E-state index in [0.717, 1.165) is 17.7 Å². The second-order valence-corrected chi connectivity index (χ2v) is 11.5. The Morgan fingerprint density at radius 1 is 1.20 bits per heavy atom. The largest absolute Gasteiger partial charge is 0.444 e. The predicted octanol–water partition coefficient (Wildman–Crippen LogP) is 3.80. The third-order valence-corrected chi connectivity index (χ3v) is 6.80.